The van der Waals surface area contributed by atoms with Crippen LogP contribution in [-0.2, 0) is 4.79 Å². The highest BCUT2D eigenvalue weighted by atomic mass is 19.1. The molecule has 6 nitrogen and oxygen atoms in total. The van der Waals surface area contributed by atoms with Crippen molar-refractivity contribution in [2.45, 2.75) is 38.8 Å². The molecule has 25 heavy (non-hydrogen) atoms. The highest BCUT2D eigenvalue weighted by Gasteiger charge is 2.34. The first-order valence-electron chi connectivity index (χ1n) is 8.43. The number of hydrogen-bond donors (Lipinski definition) is 3. The molecule has 1 aromatic carbocycles. The van der Waals surface area contributed by atoms with Crippen LogP contribution in [0.5, 0.6) is 0 Å². The van der Waals surface area contributed by atoms with Crippen molar-refractivity contribution in [2.75, 3.05) is 13.1 Å². The van der Waals surface area contributed by atoms with Gasteiger partial charge in [-0.15, -0.1) is 0 Å². The molecule has 0 unspecified atom stereocenters. The van der Waals surface area contributed by atoms with Crippen molar-refractivity contribution >= 4 is 22.8 Å². The van der Waals surface area contributed by atoms with Crippen LogP contribution in [0.25, 0.3) is 10.9 Å². The standard InChI is InChI=1S/C18H22FN3O3/c1-3-22(9-17(23)24)13-6-12(7-13)20-18(25)16-8-14-10(2)4-11(19)5-15(14)21-16/h4-5,8,12-13,21H,3,6-7,9H2,1-2H3,(H,20,25)(H,23,24). The fourth-order valence-corrected chi connectivity index (χ4v) is 3.44. The third-order valence-electron chi connectivity index (χ3n) is 4.86. The number of amides is 1. The summed E-state index contributed by atoms with van der Waals surface area (Å²) >= 11 is 0. The third-order valence-corrected chi connectivity index (χ3v) is 4.86. The Hall–Kier alpha value is -2.41. The van der Waals surface area contributed by atoms with Gasteiger partial charge in [0.2, 0.25) is 0 Å². The summed E-state index contributed by atoms with van der Waals surface area (Å²) in [6.45, 7) is 4.43. The number of nitrogens with zero attached hydrogens (tertiary/aromatic N) is 1. The summed E-state index contributed by atoms with van der Waals surface area (Å²) in [5.41, 5.74) is 1.79. The molecule has 1 amide bonds. The van der Waals surface area contributed by atoms with Gasteiger partial charge in [-0.1, -0.05) is 6.92 Å². The summed E-state index contributed by atoms with van der Waals surface area (Å²) in [5.74, 6) is -1.39. The largest absolute Gasteiger partial charge is 0.480 e. The molecule has 0 bridgehead atoms. The molecule has 1 aliphatic carbocycles. The summed E-state index contributed by atoms with van der Waals surface area (Å²) < 4.78 is 13.5. The number of aromatic nitrogens is 1. The van der Waals surface area contributed by atoms with Gasteiger partial charge < -0.3 is 15.4 Å². The second kappa shape index (κ2) is 6.84. The van der Waals surface area contributed by atoms with Gasteiger partial charge in [0.1, 0.15) is 11.5 Å². The Bertz CT molecular complexity index is 811. The lowest BCUT2D eigenvalue weighted by molar-refractivity contribution is -0.139. The second-order valence-electron chi connectivity index (χ2n) is 6.62. The summed E-state index contributed by atoms with van der Waals surface area (Å²) in [7, 11) is 0. The number of likely N-dealkylation sites (N-methyl/N-ethyl adjacent to an activating group) is 1. The number of carboxylic acid groups (broad SMARTS) is 1. The van der Waals surface area contributed by atoms with E-state index in [-0.39, 0.29) is 30.4 Å². The Morgan fingerprint density at radius 2 is 2.08 bits per heavy atom. The maximum absolute atomic E-state index is 13.5. The molecule has 0 spiro atoms. The predicted molar refractivity (Wildman–Crippen MR) is 92.2 cm³/mol. The summed E-state index contributed by atoms with van der Waals surface area (Å²) in [6.07, 6.45) is 1.47. The van der Waals surface area contributed by atoms with E-state index >= 15 is 0 Å². The van der Waals surface area contributed by atoms with Crippen LogP contribution in [0.4, 0.5) is 4.39 Å². The molecule has 3 N–H and O–H groups in total. The molecular formula is C18H22FN3O3. The Balaban J connectivity index is 1.61. The van der Waals surface area contributed by atoms with E-state index in [1.807, 2.05) is 11.8 Å². The average Bonchev–Trinajstić information content (AvgIpc) is 2.92. The molecule has 1 aromatic heterocycles. The van der Waals surface area contributed by atoms with Crippen molar-refractivity contribution in [3.8, 4) is 0 Å². The normalized spacial score (nSPS) is 19.8. The van der Waals surface area contributed by atoms with Crippen molar-refractivity contribution in [3.63, 3.8) is 0 Å². The first-order valence-corrected chi connectivity index (χ1v) is 8.43. The highest BCUT2D eigenvalue weighted by molar-refractivity contribution is 5.99. The first kappa shape index (κ1) is 17.4. The summed E-state index contributed by atoms with van der Waals surface area (Å²) in [5, 5.41) is 12.7. The number of halogens is 1. The van der Waals surface area contributed by atoms with Crippen LogP contribution in [0, 0.1) is 12.7 Å². The van der Waals surface area contributed by atoms with Gasteiger partial charge in [0.25, 0.3) is 5.91 Å². The van der Waals surface area contributed by atoms with Crippen LogP contribution in [-0.4, -0.2) is 52.0 Å². The van der Waals surface area contributed by atoms with E-state index in [1.165, 1.54) is 12.1 Å². The molecule has 7 heteroatoms. The molecule has 0 radical (unpaired) electrons. The van der Waals surface area contributed by atoms with Gasteiger partial charge >= 0.3 is 5.97 Å². The number of carbonyl (C=O) groups is 2. The number of benzene rings is 1. The second-order valence-corrected chi connectivity index (χ2v) is 6.62. The zero-order chi connectivity index (χ0) is 18.1. The fourth-order valence-electron chi connectivity index (χ4n) is 3.44. The molecule has 1 saturated carbocycles. The summed E-state index contributed by atoms with van der Waals surface area (Å²) in [4.78, 5) is 28.1. The van der Waals surface area contributed by atoms with E-state index in [0.717, 1.165) is 23.8 Å². The molecule has 2 aromatic rings. The number of H-pyrrole nitrogens is 1. The summed E-state index contributed by atoms with van der Waals surface area (Å²) in [6, 6.07) is 4.77. The monoisotopic (exact) mass is 347 g/mol. The van der Waals surface area contributed by atoms with Crippen LogP contribution in [0.1, 0.15) is 35.8 Å². The lowest BCUT2D eigenvalue weighted by Gasteiger charge is -2.42. The molecule has 1 fully saturated rings. The highest BCUT2D eigenvalue weighted by Crippen LogP contribution is 2.26. The molecule has 0 atom stereocenters. The molecule has 1 aliphatic rings. The van der Waals surface area contributed by atoms with Gasteiger partial charge in [0, 0.05) is 23.0 Å². The Morgan fingerprint density at radius 1 is 1.36 bits per heavy atom. The number of aliphatic carboxylic acids is 1. The van der Waals surface area contributed by atoms with E-state index in [4.69, 9.17) is 5.11 Å². The number of aryl methyl sites for hydroxylation is 1. The number of carbonyl (C=O) groups excluding carboxylic acids is 1. The number of rotatable bonds is 6. The Morgan fingerprint density at radius 3 is 2.72 bits per heavy atom. The molecule has 0 aliphatic heterocycles. The van der Waals surface area contributed by atoms with Gasteiger partial charge in [-0.25, -0.2) is 4.39 Å². The lowest BCUT2D eigenvalue weighted by atomic mass is 9.85. The Labute approximate surface area is 145 Å². The zero-order valence-electron chi connectivity index (χ0n) is 14.3. The maximum atomic E-state index is 13.5. The van der Waals surface area contributed by atoms with E-state index in [1.54, 1.807) is 13.0 Å². The Kier molecular flexibility index (Phi) is 4.76. The van der Waals surface area contributed by atoms with E-state index < -0.39 is 5.97 Å². The van der Waals surface area contributed by atoms with E-state index in [2.05, 4.69) is 10.3 Å². The van der Waals surface area contributed by atoms with Crippen LogP contribution in [0.3, 0.4) is 0 Å². The lowest BCUT2D eigenvalue weighted by Crippen LogP contribution is -2.54. The SMILES string of the molecule is CCN(CC(=O)O)C1CC(NC(=O)c2cc3c(C)cc(F)cc3[nH]2)C1. The minimum absolute atomic E-state index is 0.0225. The topological polar surface area (TPSA) is 85.4 Å². The van der Waals surface area contributed by atoms with Crippen LogP contribution >= 0.6 is 0 Å². The molecule has 0 saturated heterocycles. The number of nitrogens with one attached hydrogen (secondary N) is 2. The van der Waals surface area contributed by atoms with Gasteiger partial charge in [-0.3, -0.25) is 14.5 Å². The van der Waals surface area contributed by atoms with Crippen LogP contribution in [0.2, 0.25) is 0 Å². The van der Waals surface area contributed by atoms with Crippen molar-refractivity contribution in [1.82, 2.24) is 15.2 Å². The van der Waals surface area contributed by atoms with Crippen molar-refractivity contribution in [3.05, 3.63) is 35.3 Å². The zero-order valence-corrected chi connectivity index (χ0v) is 14.3. The molecule has 1 heterocycles. The number of aromatic amines is 1. The van der Waals surface area contributed by atoms with Crippen molar-refractivity contribution in [2.24, 2.45) is 0 Å². The fraction of sp³-hybridized carbons (Fsp3) is 0.444. The van der Waals surface area contributed by atoms with Crippen molar-refractivity contribution in [1.29, 1.82) is 0 Å². The number of fused-ring (bicyclic) bond motifs is 1. The smallest absolute Gasteiger partial charge is 0.317 e. The van der Waals surface area contributed by atoms with Crippen molar-refractivity contribution < 1.29 is 19.1 Å². The van der Waals surface area contributed by atoms with Gasteiger partial charge in [0.15, 0.2) is 0 Å². The molecular weight excluding hydrogens is 325 g/mol. The van der Waals surface area contributed by atoms with E-state index in [0.29, 0.717) is 17.8 Å². The number of hydrogen-bond acceptors (Lipinski definition) is 3. The first-order chi connectivity index (χ1) is 11.9. The number of carboxylic acids is 1. The minimum Gasteiger partial charge on any atom is -0.480 e. The van der Waals surface area contributed by atoms with Gasteiger partial charge in [-0.2, -0.15) is 0 Å². The van der Waals surface area contributed by atoms with Gasteiger partial charge in [-0.05, 0) is 50.1 Å². The predicted octanol–water partition coefficient (Wildman–Crippen LogP) is 2.28. The van der Waals surface area contributed by atoms with E-state index in [9.17, 15) is 14.0 Å². The molecule has 134 valence electrons. The quantitative estimate of drug-likeness (QED) is 0.748. The maximum Gasteiger partial charge on any atom is 0.317 e. The third kappa shape index (κ3) is 3.66. The molecule has 3 rings (SSSR count). The minimum atomic E-state index is -0.838. The van der Waals surface area contributed by atoms with Crippen LogP contribution in [0.15, 0.2) is 18.2 Å². The van der Waals surface area contributed by atoms with Gasteiger partial charge in [0.05, 0.1) is 6.54 Å². The van der Waals surface area contributed by atoms with Crippen LogP contribution < -0.4 is 5.32 Å². The average molecular weight is 347 g/mol.